The fourth-order valence-electron chi connectivity index (χ4n) is 4.07. The zero-order chi connectivity index (χ0) is 18.1. The van der Waals surface area contributed by atoms with E-state index in [4.69, 9.17) is 16.0 Å². The van der Waals surface area contributed by atoms with E-state index in [9.17, 15) is 9.90 Å². The van der Waals surface area contributed by atoms with E-state index in [1.165, 1.54) is 5.56 Å². The highest BCUT2D eigenvalue weighted by Crippen LogP contribution is 2.38. The minimum Gasteiger partial charge on any atom is -0.504 e. The molecule has 0 amide bonds. The molecule has 0 aliphatic heterocycles. The molecule has 1 fully saturated rings. The fraction of sp³-hybridized carbons (Fsp3) is 0.318. The third-order valence-electron chi connectivity index (χ3n) is 5.54. The summed E-state index contributed by atoms with van der Waals surface area (Å²) in [5, 5.41) is 12.3. The van der Waals surface area contributed by atoms with Crippen LogP contribution in [0.1, 0.15) is 42.9 Å². The van der Waals surface area contributed by atoms with Crippen molar-refractivity contribution in [3.05, 3.63) is 75.3 Å². The van der Waals surface area contributed by atoms with Crippen LogP contribution in [0.4, 0.5) is 0 Å². The van der Waals surface area contributed by atoms with Gasteiger partial charge in [0.1, 0.15) is 0 Å². The van der Waals surface area contributed by atoms with E-state index in [-0.39, 0.29) is 11.4 Å². The van der Waals surface area contributed by atoms with E-state index < -0.39 is 0 Å². The van der Waals surface area contributed by atoms with E-state index >= 15 is 0 Å². The molecule has 2 aromatic carbocycles. The van der Waals surface area contributed by atoms with Crippen LogP contribution < -0.4 is 5.63 Å². The molecule has 1 aromatic heterocycles. The number of fused-ring (bicyclic) bond motifs is 1. The van der Waals surface area contributed by atoms with Crippen LogP contribution in [0.5, 0.6) is 5.75 Å². The molecule has 0 bridgehead atoms. The molecule has 1 N–H and O–H groups in total. The third kappa shape index (κ3) is 3.36. The van der Waals surface area contributed by atoms with Gasteiger partial charge in [-0.2, -0.15) is 0 Å². The van der Waals surface area contributed by atoms with Crippen molar-refractivity contribution in [3.8, 4) is 5.75 Å². The molecule has 0 saturated heterocycles. The Kier molecular flexibility index (Phi) is 4.73. The van der Waals surface area contributed by atoms with E-state index in [1.54, 1.807) is 18.2 Å². The first-order valence-electron chi connectivity index (χ1n) is 9.11. The summed E-state index contributed by atoms with van der Waals surface area (Å²) < 4.78 is 5.43. The summed E-state index contributed by atoms with van der Waals surface area (Å²) in [6.07, 6.45) is 4.93. The Morgan fingerprint density at radius 2 is 1.62 bits per heavy atom. The van der Waals surface area contributed by atoms with Crippen LogP contribution in [0.25, 0.3) is 10.8 Å². The van der Waals surface area contributed by atoms with Crippen LogP contribution in [0.3, 0.4) is 0 Å². The smallest absolute Gasteiger partial charge is 0.344 e. The van der Waals surface area contributed by atoms with E-state index in [0.717, 1.165) is 30.7 Å². The first-order chi connectivity index (χ1) is 12.6. The molecule has 0 unspecified atom stereocenters. The summed E-state index contributed by atoms with van der Waals surface area (Å²) in [6, 6.07) is 15.2. The zero-order valence-electron chi connectivity index (χ0n) is 14.5. The van der Waals surface area contributed by atoms with Gasteiger partial charge in [0.05, 0.1) is 5.39 Å². The lowest BCUT2D eigenvalue weighted by atomic mass is 9.77. The van der Waals surface area contributed by atoms with E-state index in [2.05, 4.69) is 12.1 Å². The first-order valence-corrected chi connectivity index (χ1v) is 9.49. The maximum atomic E-state index is 12.2. The molecule has 1 heterocycles. The van der Waals surface area contributed by atoms with Crippen LogP contribution in [0.15, 0.2) is 57.7 Å². The van der Waals surface area contributed by atoms with Gasteiger partial charge in [0, 0.05) is 16.8 Å². The maximum absolute atomic E-state index is 12.2. The quantitative estimate of drug-likeness (QED) is 0.648. The van der Waals surface area contributed by atoms with Crippen molar-refractivity contribution >= 4 is 22.4 Å². The van der Waals surface area contributed by atoms with Crippen molar-refractivity contribution in [1.82, 2.24) is 0 Å². The first kappa shape index (κ1) is 17.2. The molecule has 4 heteroatoms. The van der Waals surface area contributed by atoms with E-state index in [0.29, 0.717) is 34.8 Å². The standard InChI is InChI=1S/C22H21ClO3/c23-17-11-9-16(10-12-17)15-7-5-14(6-8-15)13-20-21(24)18-3-1-2-4-19(18)22(25)26-20/h1-4,9-12,14-15,24H,5-8,13H2. The molecule has 3 nitrogen and oxygen atoms in total. The predicted molar refractivity (Wildman–Crippen MR) is 104 cm³/mol. The van der Waals surface area contributed by atoms with Gasteiger partial charge in [-0.05, 0) is 61.3 Å². The highest BCUT2D eigenvalue weighted by molar-refractivity contribution is 6.30. The Bertz CT molecular complexity index is 967. The van der Waals surface area contributed by atoms with Crippen molar-refractivity contribution in [3.63, 3.8) is 0 Å². The van der Waals surface area contributed by atoms with Crippen molar-refractivity contribution < 1.29 is 9.52 Å². The molecule has 0 spiro atoms. The summed E-state index contributed by atoms with van der Waals surface area (Å²) in [5.41, 5.74) is 0.969. The minimum atomic E-state index is -0.372. The van der Waals surface area contributed by atoms with Gasteiger partial charge in [-0.3, -0.25) is 0 Å². The van der Waals surface area contributed by atoms with Gasteiger partial charge in [0.25, 0.3) is 0 Å². The summed E-state index contributed by atoms with van der Waals surface area (Å²) in [6.45, 7) is 0. The van der Waals surface area contributed by atoms with Crippen molar-refractivity contribution in [2.24, 2.45) is 5.92 Å². The number of benzene rings is 2. The Balaban J connectivity index is 1.48. The molecule has 134 valence electrons. The van der Waals surface area contributed by atoms with Crippen LogP contribution >= 0.6 is 11.6 Å². The van der Waals surface area contributed by atoms with Gasteiger partial charge in [-0.1, -0.05) is 41.9 Å². The Morgan fingerprint density at radius 3 is 2.31 bits per heavy atom. The second-order valence-corrected chi connectivity index (χ2v) is 7.62. The lowest BCUT2D eigenvalue weighted by Gasteiger charge is -2.28. The monoisotopic (exact) mass is 368 g/mol. The molecule has 0 atom stereocenters. The van der Waals surface area contributed by atoms with Gasteiger partial charge < -0.3 is 9.52 Å². The van der Waals surface area contributed by atoms with Gasteiger partial charge in [0.15, 0.2) is 11.5 Å². The van der Waals surface area contributed by atoms with Crippen LogP contribution in [0.2, 0.25) is 5.02 Å². The number of rotatable bonds is 3. The summed E-state index contributed by atoms with van der Waals surface area (Å²) in [5.74, 6) is 1.51. The van der Waals surface area contributed by atoms with Gasteiger partial charge in [0.2, 0.25) is 0 Å². The number of aromatic hydroxyl groups is 1. The van der Waals surface area contributed by atoms with E-state index in [1.807, 2.05) is 18.2 Å². The highest BCUT2D eigenvalue weighted by atomic mass is 35.5. The molecule has 3 aromatic rings. The normalized spacial score (nSPS) is 20.3. The molecule has 1 aliphatic carbocycles. The molecular formula is C22H21ClO3. The van der Waals surface area contributed by atoms with Crippen molar-refractivity contribution in [1.29, 1.82) is 0 Å². The molecule has 26 heavy (non-hydrogen) atoms. The molecular weight excluding hydrogens is 348 g/mol. The van der Waals surface area contributed by atoms with Crippen molar-refractivity contribution in [2.45, 2.75) is 38.0 Å². The van der Waals surface area contributed by atoms with Crippen LogP contribution in [-0.2, 0) is 6.42 Å². The molecule has 4 rings (SSSR count). The Labute approximate surface area is 157 Å². The third-order valence-corrected chi connectivity index (χ3v) is 5.80. The lowest BCUT2D eigenvalue weighted by molar-refractivity contribution is 0.295. The Hall–Kier alpha value is -2.26. The average Bonchev–Trinajstić information content (AvgIpc) is 2.67. The lowest BCUT2D eigenvalue weighted by Crippen LogP contribution is -2.16. The molecule has 1 aliphatic rings. The maximum Gasteiger partial charge on any atom is 0.344 e. The minimum absolute atomic E-state index is 0.111. The Morgan fingerprint density at radius 1 is 0.962 bits per heavy atom. The number of hydrogen-bond acceptors (Lipinski definition) is 3. The number of hydrogen-bond donors (Lipinski definition) is 1. The zero-order valence-corrected chi connectivity index (χ0v) is 15.2. The second-order valence-electron chi connectivity index (χ2n) is 7.18. The summed E-state index contributed by atoms with van der Waals surface area (Å²) in [4.78, 5) is 12.2. The van der Waals surface area contributed by atoms with Crippen molar-refractivity contribution in [2.75, 3.05) is 0 Å². The summed E-state index contributed by atoms with van der Waals surface area (Å²) in [7, 11) is 0. The number of halogens is 1. The van der Waals surface area contributed by atoms with Crippen LogP contribution in [0, 0.1) is 5.92 Å². The molecule has 1 saturated carbocycles. The summed E-state index contributed by atoms with van der Waals surface area (Å²) >= 11 is 5.97. The predicted octanol–water partition coefficient (Wildman–Crippen LogP) is 5.67. The average molecular weight is 369 g/mol. The fourth-order valence-corrected chi connectivity index (χ4v) is 4.19. The van der Waals surface area contributed by atoms with Gasteiger partial charge >= 0.3 is 5.63 Å². The van der Waals surface area contributed by atoms with Gasteiger partial charge in [-0.15, -0.1) is 0 Å². The SMILES string of the molecule is O=c1oc(CC2CCC(c3ccc(Cl)cc3)CC2)c(O)c2ccccc12. The van der Waals surface area contributed by atoms with Crippen LogP contribution in [-0.4, -0.2) is 5.11 Å². The largest absolute Gasteiger partial charge is 0.504 e. The second kappa shape index (κ2) is 7.16. The molecule has 0 radical (unpaired) electrons. The highest BCUT2D eigenvalue weighted by Gasteiger charge is 2.25. The van der Waals surface area contributed by atoms with Gasteiger partial charge in [-0.25, -0.2) is 4.79 Å². The topological polar surface area (TPSA) is 50.4 Å².